The molecule has 0 radical (unpaired) electrons. The predicted octanol–water partition coefficient (Wildman–Crippen LogP) is 1.25. The van der Waals surface area contributed by atoms with Gasteiger partial charge in [-0.05, 0) is 26.8 Å². The summed E-state index contributed by atoms with van der Waals surface area (Å²) in [5.41, 5.74) is -0.518. The predicted molar refractivity (Wildman–Crippen MR) is 76.9 cm³/mol. The number of aromatic nitrogens is 2. The van der Waals surface area contributed by atoms with Crippen LogP contribution in [0, 0.1) is 0 Å². The monoisotopic (exact) mass is 298 g/mol. The van der Waals surface area contributed by atoms with Gasteiger partial charge in [0.05, 0.1) is 0 Å². The van der Waals surface area contributed by atoms with E-state index in [1.165, 1.54) is 0 Å². The highest BCUT2D eigenvalue weighted by atomic mass is 35.5. The van der Waals surface area contributed by atoms with Crippen LogP contribution in [0.15, 0.2) is 12.3 Å². The van der Waals surface area contributed by atoms with Crippen molar-refractivity contribution in [1.82, 2.24) is 15.3 Å². The number of ether oxygens (including phenoxy) is 1. The molecule has 110 valence electrons. The zero-order valence-electron chi connectivity index (χ0n) is 11.9. The summed E-state index contributed by atoms with van der Waals surface area (Å²) >= 11 is 5.89. The van der Waals surface area contributed by atoms with Gasteiger partial charge in [0.25, 0.3) is 0 Å². The van der Waals surface area contributed by atoms with Crippen LogP contribution in [0.25, 0.3) is 0 Å². The van der Waals surface area contributed by atoms with Gasteiger partial charge in [-0.3, -0.25) is 0 Å². The first-order valence-electron chi connectivity index (χ1n) is 6.55. The number of esters is 1. The molecule has 0 bridgehead atoms. The largest absolute Gasteiger partial charge is 0.458 e. The van der Waals surface area contributed by atoms with Gasteiger partial charge >= 0.3 is 5.97 Å². The van der Waals surface area contributed by atoms with E-state index in [1.54, 1.807) is 12.3 Å². The van der Waals surface area contributed by atoms with Gasteiger partial charge in [-0.15, -0.1) is 0 Å². The molecule has 0 amide bonds. The van der Waals surface area contributed by atoms with Gasteiger partial charge < -0.3 is 15.0 Å². The molecule has 0 saturated carbocycles. The molecule has 0 aromatic carbocycles. The number of carbonyl (C=O) groups excluding carboxylic acids is 1. The summed E-state index contributed by atoms with van der Waals surface area (Å²) < 4.78 is 5.45. The molecule has 1 aromatic rings. The highest BCUT2D eigenvalue weighted by Crippen LogP contribution is 2.18. The number of nitrogens with zero attached hydrogens (tertiary/aromatic N) is 3. The van der Waals surface area contributed by atoms with Crippen molar-refractivity contribution in [2.45, 2.75) is 32.4 Å². The Morgan fingerprint density at radius 2 is 2.30 bits per heavy atom. The van der Waals surface area contributed by atoms with Crippen molar-refractivity contribution in [3.63, 3.8) is 0 Å². The minimum Gasteiger partial charge on any atom is -0.458 e. The standard InChI is InChI=1S/C13H19ClN4O2/c1-13(2,3)20-11(19)9-8-15-6-7-18(9)12-16-5-4-10(14)17-12/h4-5,9,15H,6-8H2,1-3H3. The van der Waals surface area contributed by atoms with Crippen LogP contribution in [0.3, 0.4) is 0 Å². The number of hydrogen-bond acceptors (Lipinski definition) is 6. The lowest BCUT2D eigenvalue weighted by molar-refractivity contribution is -0.156. The Morgan fingerprint density at radius 3 is 2.95 bits per heavy atom. The molecule has 2 rings (SSSR count). The number of anilines is 1. The number of halogens is 1. The summed E-state index contributed by atoms with van der Waals surface area (Å²) in [6.45, 7) is 7.44. The summed E-state index contributed by atoms with van der Waals surface area (Å²) in [6, 6.07) is 1.16. The van der Waals surface area contributed by atoms with E-state index < -0.39 is 11.6 Å². The van der Waals surface area contributed by atoms with E-state index in [-0.39, 0.29) is 5.97 Å². The highest BCUT2D eigenvalue weighted by Gasteiger charge is 2.33. The average molecular weight is 299 g/mol. The summed E-state index contributed by atoms with van der Waals surface area (Å²) in [5, 5.41) is 3.54. The zero-order chi connectivity index (χ0) is 14.8. The van der Waals surface area contributed by atoms with Crippen LogP contribution in [-0.4, -0.2) is 47.2 Å². The second-order valence-corrected chi connectivity index (χ2v) is 6.01. The molecule has 0 spiro atoms. The fourth-order valence-corrected chi connectivity index (χ4v) is 2.12. The molecule has 7 heteroatoms. The summed E-state index contributed by atoms with van der Waals surface area (Å²) in [4.78, 5) is 22.5. The van der Waals surface area contributed by atoms with Crippen LogP contribution in [0.5, 0.6) is 0 Å². The lowest BCUT2D eigenvalue weighted by atomic mass is 10.1. The second kappa shape index (κ2) is 5.93. The molecule has 1 aliphatic rings. The quantitative estimate of drug-likeness (QED) is 0.655. The summed E-state index contributed by atoms with van der Waals surface area (Å²) in [5.74, 6) is 0.170. The van der Waals surface area contributed by atoms with E-state index in [0.29, 0.717) is 24.2 Å². The zero-order valence-corrected chi connectivity index (χ0v) is 12.6. The van der Waals surface area contributed by atoms with Crippen LogP contribution in [0.2, 0.25) is 5.15 Å². The van der Waals surface area contributed by atoms with Crippen molar-refractivity contribution < 1.29 is 9.53 Å². The third kappa shape index (κ3) is 3.80. The second-order valence-electron chi connectivity index (χ2n) is 5.63. The average Bonchev–Trinajstić information content (AvgIpc) is 2.37. The molecule has 20 heavy (non-hydrogen) atoms. The lowest BCUT2D eigenvalue weighted by Gasteiger charge is -2.36. The Morgan fingerprint density at radius 1 is 1.55 bits per heavy atom. The van der Waals surface area contributed by atoms with E-state index in [0.717, 1.165) is 6.54 Å². The maximum absolute atomic E-state index is 12.3. The topological polar surface area (TPSA) is 67.3 Å². The summed E-state index contributed by atoms with van der Waals surface area (Å²) in [7, 11) is 0. The van der Waals surface area contributed by atoms with E-state index in [9.17, 15) is 4.79 Å². The third-order valence-corrected chi connectivity index (χ3v) is 3.00. The van der Waals surface area contributed by atoms with Crippen LogP contribution < -0.4 is 10.2 Å². The minimum atomic E-state index is -0.518. The van der Waals surface area contributed by atoms with Gasteiger partial charge in [-0.25, -0.2) is 14.8 Å². The molecule has 1 aromatic heterocycles. The fraction of sp³-hybridized carbons (Fsp3) is 0.615. The van der Waals surface area contributed by atoms with Gasteiger partial charge in [0, 0.05) is 25.8 Å². The number of hydrogen-bond donors (Lipinski definition) is 1. The van der Waals surface area contributed by atoms with E-state index in [1.807, 2.05) is 25.7 Å². The normalized spacial score (nSPS) is 19.8. The maximum Gasteiger partial charge on any atom is 0.330 e. The third-order valence-electron chi connectivity index (χ3n) is 2.79. The van der Waals surface area contributed by atoms with Gasteiger partial charge in [-0.1, -0.05) is 11.6 Å². The molecule has 1 fully saturated rings. The van der Waals surface area contributed by atoms with Gasteiger partial charge in [0.15, 0.2) is 0 Å². The number of rotatable bonds is 2. The van der Waals surface area contributed by atoms with Crippen molar-refractivity contribution in [3.05, 3.63) is 17.4 Å². The molecule has 2 heterocycles. The van der Waals surface area contributed by atoms with Crippen LogP contribution in [0.4, 0.5) is 5.95 Å². The molecular weight excluding hydrogens is 280 g/mol. The molecule has 1 atom stereocenters. The van der Waals surface area contributed by atoms with Crippen LogP contribution in [-0.2, 0) is 9.53 Å². The van der Waals surface area contributed by atoms with E-state index >= 15 is 0 Å². The highest BCUT2D eigenvalue weighted by molar-refractivity contribution is 6.29. The maximum atomic E-state index is 12.3. The Kier molecular flexibility index (Phi) is 4.45. The van der Waals surface area contributed by atoms with Gasteiger partial charge in [-0.2, -0.15) is 0 Å². The van der Waals surface area contributed by atoms with Gasteiger partial charge in [0.2, 0.25) is 5.95 Å². The first kappa shape index (κ1) is 15.0. The van der Waals surface area contributed by atoms with E-state index in [4.69, 9.17) is 16.3 Å². The molecule has 1 unspecified atom stereocenters. The molecular formula is C13H19ClN4O2. The molecule has 6 nitrogen and oxygen atoms in total. The van der Waals surface area contributed by atoms with Crippen molar-refractivity contribution in [3.8, 4) is 0 Å². The first-order chi connectivity index (χ1) is 9.37. The van der Waals surface area contributed by atoms with Gasteiger partial charge in [0.1, 0.15) is 16.8 Å². The molecule has 1 N–H and O–H groups in total. The number of nitrogens with one attached hydrogen (secondary N) is 1. The Balaban J connectivity index is 2.19. The lowest BCUT2D eigenvalue weighted by Crippen LogP contribution is -2.57. The Hall–Kier alpha value is -1.40. The SMILES string of the molecule is CC(C)(C)OC(=O)C1CNCCN1c1nccc(Cl)n1. The first-order valence-corrected chi connectivity index (χ1v) is 6.93. The van der Waals surface area contributed by atoms with E-state index in [2.05, 4.69) is 15.3 Å². The summed E-state index contributed by atoms with van der Waals surface area (Å²) in [6.07, 6.45) is 1.58. The van der Waals surface area contributed by atoms with Crippen LogP contribution in [0.1, 0.15) is 20.8 Å². The van der Waals surface area contributed by atoms with Crippen molar-refractivity contribution in [2.24, 2.45) is 0 Å². The fourth-order valence-electron chi connectivity index (χ4n) is 1.99. The Bertz CT molecular complexity index is 490. The molecule has 0 aliphatic carbocycles. The van der Waals surface area contributed by atoms with Crippen molar-refractivity contribution in [2.75, 3.05) is 24.5 Å². The van der Waals surface area contributed by atoms with Crippen molar-refractivity contribution >= 4 is 23.5 Å². The molecule has 1 aliphatic heterocycles. The number of carbonyl (C=O) groups is 1. The minimum absolute atomic E-state index is 0.284. The van der Waals surface area contributed by atoms with Crippen molar-refractivity contribution in [1.29, 1.82) is 0 Å². The Labute approximate surface area is 123 Å². The molecule has 1 saturated heterocycles. The number of piperazine rings is 1. The van der Waals surface area contributed by atoms with Crippen LogP contribution >= 0.6 is 11.6 Å². The smallest absolute Gasteiger partial charge is 0.330 e.